The van der Waals surface area contributed by atoms with Crippen molar-refractivity contribution in [2.45, 2.75) is 75.4 Å². The number of aromatic nitrogens is 1. The molecule has 2 unspecified atom stereocenters. The number of rotatable bonds is 7. The molecule has 1 aliphatic carbocycles. The summed E-state index contributed by atoms with van der Waals surface area (Å²) in [5.74, 6) is -0.881. The minimum Gasteiger partial charge on any atom is -0.381 e. The maximum Gasteiger partial charge on any atom is 0.416 e. The molecule has 0 spiro atoms. The van der Waals surface area contributed by atoms with Crippen LogP contribution in [-0.4, -0.2) is 54.0 Å². The Morgan fingerprint density at radius 2 is 1.68 bits per heavy atom. The molecule has 0 radical (unpaired) electrons. The van der Waals surface area contributed by atoms with Gasteiger partial charge in [0.05, 0.1) is 22.2 Å². The lowest BCUT2D eigenvalue weighted by Crippen LogP contribution is -2.46. The second-order valence-corrected chi connectivity index (χ2v) is 11.2. The van der Waals surface area contributed by atoms with Gasteiger partial charge >= 0.3 is 12.4 Å². The first kappa shape index (κ1) is 30.3. The number of benzene rings is 1. The summed E-state index contributed by atoms with van der Waals surface area (Å²) >= 11 is 1.14. The highest BCUT2D eigenvalue weighted by atomic mass is 32.1. The molecule has 2 aromatic rings. The van der Waals surface area contributed by atoms with Crippen LogP contribution in [0.2, 0.25) is 0 Å². The van der Waals surface area contributed by atoms with Crippen LogP contribution < -0.4 is 10.6 Å². The number of ether oxygens (including phenoxy) is 1. The molecule has 7 nitrogen and oxygen atoms in total. The Morgan fingerprint density at radius 3 is 2.25 bits per heavy atom. The summed E-state index contributed by atoms with van der Waals surface area (Å²) in [6.07, 6.45) is -6.94. The molecule has 40 heavy (non-hydrogen) atoms. The van der Waals surface area contributed by atoms with Gasteiger partial charge in [-0.3, -0.25) is 9.59 Å². The Bertz CT molecular complexity index is 1200. The van der Waals surface area contributed by atoms with Crippen LogP contribution in [0.4, 0.5) is 31.5 Å². The number of carbonyl (C=O) groups excluding carboxylic acids is 2. The molecule has 1 aliphatic heterocycles. The van der Waals surface area contributed by atoms with Gasteiger partial charge in [0.15, 0.2) is 5.13 Å². The number of alkyl halides is 6. The lowest BCUT2D eigenvalue weighted by atomic mass is 9.81. The highest BCUT2D eigenvalue weighted by Crippen LogP contribution is 2.45. The molecule has 2 aliphatic rings. The lowest BCUT2D eigenvalue weighted by Gasteiger charge is -2.36. The minimum atomic E-state index is -4.99. The molecule has 2 N–H and O–H groups in total. The molecule has 2 amide bonds. The van der Waals surface area contributed by atoms with Crippen LogP contribution in [0.1, 0.15) is 61.4 Å². The third-order valence-electron chi connectivity index (χ3n) is 7.64. The Labute approximate surface area is 231 Å². The standard InChI is InChI=1S/C26H30F6N4O3S/c1-15(37)34-23-35-21(14-40-23)24(6-3-20(12-24)36(2)19-4-7-39-8-5-19)22(38)33-13-16-9-17(25(27,28)29)11-18(10-16)26(30,31)32/h9-11,14,19-20H,3-8,12-13H2,1-2H3,(H,33,38)(H,34,35,37). The summed E-state index contributed by atoms with van der Waals surface area (Å²) in [5.41, 5.74) is -3.98. The van der Waals surface area contributed by atoms with Crippen molar-refractivity contribution in [2.75, 3.05) is 25.6 Å². The third-order valence-corrected chi connectivity index (χ3v) is 8.40. The van der Waals surface area contributed by atoms with E-state index < -0.39 is 41.3 Å². The Kier molecular flexibility index (Phi) is 8.81. The number of halogens is 6. The Hall–Kier alpha value is -2.71. The molecule has 2 fully saturated rings. The van der Waals surface area contributed by atoms with E-state index in [1.165, 1.54) is 6.92 Å². The third kappa shape index (κ3) is 6.77. The molecule has 4 rings (SSSR count). The van der Waals surface area contributed by atoms with E-state index >= 15 is 0 Å². The van der Waals surface area contributed by atoms with Gasteiger partial charge < -0.3 is 20.3 Å². The smallest absolute Gasteiger partial charge is 0.381 e. The van der Waals surface area contributed by atoms with Gasteiger partial charge in [-0.25, -0.2) is 4.98 Å². The highest BCUT2D eigenvalue weighted by molar-refractivity contribution is 7.14. The Morgan fingerprint density at radius 1 is 1.05 bits per heavy atom. The van der Waals surface area contributed by atoms with Crippen molar-refractivity contribution in [1.82, 2.24) is 15.2 Å². The first-order valence-electron chi connectivity index (χ1n) is 12.8. The monoisotopic (exact) mass is 592 g/mol. The van der Waals surface area contributed by atoms with Gasteiger partial charge in [-0.15, -0.1) is 11.3 Å². The quantitative estimate of drug-likeness (QED) is 0.424. The van der Waals surface area contributed by atoms with Crippen molar-refractivity contribution in [3.63, 3.8) is 0 Å². The van der Waals surface area contributed by atoms with Gasteiger partial charge in [0.25, 0.3) is 0 Å². The summed E-state index contributed by atoms with van der Waals surface area (Å²) in [4.78, 5) is 32.0. The van der Waals surface area contributed by atoms with Crippen LogP contribution in [-0.2, 0) is 38.6 Å². The number of hydrogen-bond donors (Lipinski definition) is 2. The largest absolute Gasteiger partial charge is 0.416 e. The SMILES string of the molecule is CC(=O)Nc1nc(C2(C(=O)NCc3cc(C(F)(F)F)cc(C(F)(F)F)c3)CCC(N(C)C3CCOCC3)C2)cs1. The average Bonchev–Trinajstić information content (AvgIpc) is 3.54. The van der Waals surface area contributed by atoms with Crippen LogP contribution in [0.25, 0.3) is 0 Å². The predicted molar refractivity (Wildman–Crippen MR) is 136 cm³/mol. The van der Waals surface area contributed by atoms with Gasteiger partial charge in [0, 0.05) is 44.1 Å². The van der Waals surface area contributed by atoms with Crippen LogP contribution in [0.5, 0.6) is 0 Å². The molecule has 1 aromatic heterocycles. The Balaban J connectivity index is 1.60. The summed E-state index contributed by atoms with van der Waals surface area (Å²) in [7, 11) is 1.99. The van der Waals surface area contributed by atoms with E-state index in [0.717, 1.165) is 24.2 Å². The van der Waals surface area contributed by atoms with Gasteiger partial charge in [-0.05, 0) is 62.9 Å². The summed E-state index contributed by atoms with van der Waals surface area (Å²) < 4.78 is 85.4. The fraction of sp³-hybridized carbons (Fsp3) is 0.577. The minimum absolute atomic E-state index is 0.00912. The lowest BCUT2D eigenvalue weighted by molar-refractivity contribution is -0.143. The van der Waals surface area contributed by atoms with Gasteiger partial charge in [-0.2, -0.15) is 26.3 Å². The number of carbonyl (C=O) groups is 2. The van der Waals surface area contributed by atoms with Crippen LogP contribution in [0.3, 0.4) is 0 Å². The van der Waals surface area contributed by atoms with Crippen molar-refractivity contribution in [3.05, 3.63) is 46.0 Å². The van der Waals surface area contributed by atoms with Crippen LogP contribution >= 0.6 is 11.3 Å². The zero-order chi connectivity index (χ0) is 29.3. The van der Waals surface area contributed by atoms with E-state index in [1.54, 1.807) is 5.38 Å². The summed E-state index contributed by atoms with van der Waals surface area (Å²) in [6, 6.07) is 1.52. The molecule has 1 aromatic carbocycles. The molecule has 2 heterocycles. The van der Waals surface area contributed by atoms with Crippen molar-refractivity contribution >= 4 is 28.3 Å². The fourth-order valence-electron chi connectivity index (χ4n) is 5.49. The van der Waals surface area contributed by atoms with Crippen molar-refractivity contribution in [1.29, 1.82) is 0 Å². The number of anilines is 1. The molecule has 1 saturated heterocycles. The van der Waals surface area contributed by atoms with Crippen molar-refractivity contribution in [2.24, 2.45) is 0 Å². The van der Waals surface area contributed by atoms with Gasteiger partial charge in [-0.1, -0.05) is 0 Å². The number of nitrogens with one attached hydrogen (secondary N) is 2. The number of amides is 2. The fourth-order valence-corrected chi connectivity index (χ4v) is 6.34. The van der Waals surface area contributed by atoms with Crippen LogP contribution in [0, 0.1) is 0 Å². The molecular weight excluding hydrogens is 562 g/mol. The second-order valence-electron chi connectivity index (χ2n) is 10.3. The highest BCUT2D eigenvalue weighted by Gasteiger charge is 2.50. The molecule has 1 saturated carbocycles. The zero-order valence-corrected chi connectivity index (χ0v) is 22.7. The number of nitrogens with zero attached hydrogens (tertiary/aromatic N) is 2. The van der Waals surface area contributed by atoms with E-state index in [9.17, 15) is 35.9 Å². The maximum atomic E-state index is 13.8. The van der Waals surface area contributed by atoms with Crippen molar-refractivity contribution in [3.8, 4) is 0 Å². The van der Waals surface area contributed by atoms with E-state index in [1.807, 2.05) is 7.05 Å². The summed E-state index contributed by atoms with van der Waals surface area (Å²) in [6.45, 7) is 2.06. The maximum absolute atomic E-state index is 13.8. The number of thiazole rings is 1. The first-order valence-corrected chi connectivity index (χ1v) is 13.7. The zero-order valence-electron chi connectivity index (χ0n) is 21.9. The normalized spacial score (nSPS) is 22.5. The summed E-state index contributed by atoms with van der Waals surface area (Å²) in [5, 5.41) is 7.14. The van der Waals surface area contributed by atoms with E-state index in [2.05, 4.69) is 20.5 Å². The van der Waals surface area contributed by atoms with E-state index in [4.69, 9.17) is 4.74 Å². The second kappa shape index (κ2) is 11.6. The molecule has 14 heteroatoms. The van der Waals surface area contributed by atoms with Crippen LogP contribution in [0.15, 0.2) is 23.6 Å². The van der Waals surface area contributed by atoms with Gasteiger partial charge in [0.1, 0.15) is 0 Å². The molecular formula is C26H30F6N4O3S. The topological polar surface area (TPSA) is 83.6 Å². The first-order chi connectivity index (χ1) is 18.7. The predicted octanol–water partition coefficient (Wildman–Crippen LogP) is 5.36. The molecule has 220 valence electrons. The van der Waals surface area contributed by atoms with Crippen molar-refractivity contribution < 1.29 is 40.7 Å². The average molecular weight is 593 g/mol. The number of hydrogen-bond acceptors (Lipinski definition) is 6. The molecule has 2 atom stereocenters. The van der Waals surface area contributed by atoms with E-state index in [0.29, 0.717) is 55.4 Å². The van der Waals surface area contributed by atoms with E-state index in [-0.39, 0.29) is 29.6 Å². The van der Waals surface area contributed by atoms with Gasteiger partial charge in [0.2, 0.25) is 11.8 Å². The molecule has 0 bridgehead atoms.